The molecule has 7 heteroatoms. The van der Waals surface area contributed by atoms with Crippen LogP contribution in [-0.2, 0) is 23.1 Å². The minimum atomic E-state index is -0.318. The molecule has 1 saturated carbocycles. The predicted octanol–water partition coefficient (Wildman–Crippen LogP) is 1.53. The fourth-order valence-corrected chi connectivity index (χ4v) is 5.04. The van der Waals surface area contributed by atoms with Crippen LogP contribution in [0.25, 0.3) is 0 Å². The highest BCUT2D eigenvalue weighted by Crippen LogP contribution is 2.42. The molecule has 3 heterocycles. The fourth-order valence-electron chi connectivity index (χ4n) is 5.04. The van der Waals surface area contributed by atoms with E-state index in [4.69, 9.17) is 0 Å². The summed E-state index contributed by atoms with van der Waals surface area (Å²) in [6.07, 6.45) is 10.3. The van der Waals surface area contributed by atoms with Gasteiger partial charge in [-0.25, -0.2) is 0 Å². The topological polar surface area (TPSA) is 71.3 Å². The highest BCUT2D eigenvalue weighted by atomic mass is 16.2. The predicted molar refractivity (Wildman–Crippen MR) is 96.2 cm³/mol. The molecular weight excluding hydrogens is 330 g/mol. The number of hydrogen-bond acceptors (Lipinski definition) is 4. The van der Waals surface area contributed by atoms with Gasteiger partial charge in [0.15, 0.2) is 0 Å². The number of carbonyl (C=O) groups excluding carboxylic acids is 2. The molecule has 3 aliphatic rings. The van der Waals surface area contributed by atoms with E-state index in [0.29, 0.717) is 37.9 Å². The van der Waals surface area contributed by atoms with E-state index in [1.807, 2.05) is 16.5 Å². The van der Waals surface area contributed by atoms with Gasteiger partial charge in [-0.1, -0.05) is 12.8 Å². The van der Waals surface area contributed by atoms with Crippen molar-refractivity contribution in [3.63, 3.8) is 0 Å². The smallest absolute Gasteiger partial charge is 0.230 e. The number of piperidine rings is 1. The quantitative estimate of drug-likeness (QED) is 0.817. The summed E-state index contributed by atoms with van der Waals surface area (Å²) in [4.78, 5) is 30.0. The third kappa shape index (κ3) is 3.12. The zero-order valence-electron chi connectivity index (χ0n) is 15.7. The molecule has 1 aromatic heterocycles. The zero-order valence-corrected chi connectivity index (χ0v) is 15.7. The zero-order chi connectivity index (χ0) is 18.1. The Kier molecular flexibility index (Phi) is 4.71. The molecule has 0 N–H and O–H groups in total. The van der Waals surface area contributed by atoms with E-state index < -0.39 is 0 Å². The van der Waals surface area contributed by atoms with Crippen LogP contribution in [-0.4, -0.2) is 62.1 Å². The van der Waals surface area contributed by atoms with Gasteiger partial charge in [0, 0.05) is 45.6 Å². The number of aryl methyl sites for hydroxylation is 2. The number of carbonyl (C=O) groups is 2. The van der Waals surface area contributed by atoms with Gasteiger partial charge in [-0.15, -0.1) is 10.2 Å². The number of amides is 2. The fraction of sp³-hybridized carbons (Fsp3) is 0.789. The average molecular weight is 359 g/mol. The second-order valence-electron chi connectivity index (χ2n) is 8.24. The number of likely N-dealkylation sites (tertiary alicyclic amines) is 2. The van der Waals surface area contributed by atoms with Crippen molar-refractivity contribution in [2.24, 2.45) is 12.5 Å². The molecule has 4 rings (SSSR count). The van der Waals surface area contributed by atoms with E-state index in [2.05, 4.69) is 15.1 Å². The van der Waals surface area contributed by atoms with Crippen LogP contribution in [0.4, 0.5) is 0 Å². The Morgan fingerprint density at radius 1 is 1.23 bits per heavy atom. The average Bonchev–Trinajstić information content (AvgIpc) is 3.37. The molecule has 2 saturated heterocycles. The molecule has 26 heavy (non-hydrogen) atoms. The molecule has 1 spiro atoms. The van der Waals surface area contributed by atoms with Gasteiger partial charge in [0.05, 0.1) is 5.41 Å². The largest absolute Gasteiger partial charge is 0.342 e. The van der Waals surface area contributed by atoms with Crippen LogP contribution >= 0.6 is 0 Å². The second-order valence-corrected chi connectivity index (χ2v) is 8.24. The molecule has 142 valence electrons. The SMILES string of the molecule is Cn1cnnc1CCC(=O)N1CC[C@]2(CCCN(C3CCCC3)C2=O)C1. The summed E-state index contributed by atoms with van der Waals surface area (Å²) >= 11 is 0. The Labute approximate surface area is 154 Å². The lowest BCUT2D eigenvalue weighted by Crippen LogP contribution is -2.53. The van der Waals surface area contributed by atoms with Crippen LogP contribution in [0.2, 0.25) is 0 Å². The lowest BCUT2D eigenvalue weighted by atomic mass is 9.77. The molecule has 1 aliphatic carbocycles. The first kappa shape index (κ1) is 17.5. The summed E-state index contributed by atoms with van der Waals surface area (Å²) in [5.41, 5.74) is -0.318. The van der Waals surface area contributed by atoms with Crippen molar-refractivity contribution in [1.29, 1.82) is 0 Å². The van der Waals surface area contributed by atoms with Crippen LogP contribution in [0.15, 0.2) is 6.33 Å². The van der Waals surface area contributed by atoms with Crippen molar-refractivity contribution in [2.75, 3.05) is 19.6 Å². The van der Waals surface area contributed by atoms with Crippen LogP contribution in [0.5, 0.6) is 0 Å². The maximum Gasteiger partial charge on any atom is 0.230 e. The van der Waals surface area contributed by atoms with Gasteiger partial charge < -0.3 is 14.4 Å². The molecule has 1 aromatic rings. The molecule has 0 bridgehead atoms. The number of nitrogens with zero attached hydrogens (tertiary/aromatic N) is 5. The van der Waals surface area contributed by atoms with Crippen LogP contribution in [0.1, 0.15) is 57.2 Å². The van der Waals surface area contributed by atoms with E-state index in [1.165, 1.54) is 12.8 Å². The second kappa shape index (κ2) is 7.00. The lowest BCUT2D eigenvalue weighted by molar-refractivity contribution is -0.148. The number of aromatic nitrogens is 3. The van der Waals surface area contributed by atoms with Crippen molar-refractivity contribution in [1.82, 2.24) is 24.6 Å². The Balaban J connectivity index is 1.37. The van der Waals surface area contributed by atoms with E-state index in [0.717, 1.165) is 44.5 Å². The first-order valence-corrected chi connectivity index (χ1v) is 10.0. The number of rotatable bonds is 4. The van der Waals surface area contributed by atoms with E-state index in [1.54, 1.807) is 6.33 Å². The highest BCUT2D eigenvalue weighted by Gasteiger charge is 2.50. The van der Waals surface area contributed by atoms with Crippen molar-refractivity contribution >= 4 is 11.8 Å². The van der Waals surface area contributed by atoms with Gasteiger partial charge >= 0.3 is 0 Å². The molecule has 0 radical (unpaired) electrons. The summed E-state index contributed by atoms with van der Waals surface area (Å²) in [6.45, 7) is 2.22. The molecule has 2 amide bonds. The minimum absolute atomic E-state index is 0.135. The van der Waals surface area contributed by atoms with Crippen LogP contribution in [0, 0.1) is 5.41 Å². The van der Waals surface area contributed by atoms with Gasteiger partial charge in [0.1, 0.15) is 12.2 Å². The summed E-state index contributed by atoms with van der Waals surface area (Å²) in [6, 6.07) is 0.445. The number of hydrogen-bond donors (Lipinski definition) is 0. The summed E-state index contributed by atoms with van der Waals surface area (Å²) in [5, 5.41) is 7.90. The Hall–Kier alpha value is -1.92. The van der Waals surface area contributed by atoms with E-state index in [9.17, 15) is 9.59 Å². The normalized spacial score (nSPS) is 27.0. The molecule has 3 fully saturated rings. The van der Waals surface area contributed by atoms with Gasteiger partial charge in [-0.05, 0) is 32.1 Å². The van der Waals surface area contributed by atoms with Gasteiger partial charge in [0.2, 0.25) is 11.8 Å². The molecule has 0 aromatic carbocycles. The van der Waals surface area contributed by atoms with Crippen molar-refractivity contribution in [3.8, 4) is 0 Å². The molecule has 1 atom stereocenters. The van der Waals surface area contributed by atoms with E-state index >= 15 is 0 Å². The molecule has 2 aliphatic heterocycles. The summed E-state index contributed by atoms with van der Waals surface area (Å²) in [7, 11) is 1.89. The van der Waals surface area contributed by atoms with Gasteiger partial charge in [0.25, 0.3) is 0 Å². The monoisotopic (exact) mass is 359 g/mol. The summed E-state index contributed by atoms with van der Waals surface area (Å²) in [5.74, 6) is 1.28. The molecular formula is C19H29N5O2. The van der Waals surface area contributed by atoms with Crippen LogP contribution in [0.3, 0.4) is 0 Å². The van der Waals surface area contributed by atoms with Crippen molar-refractivity contribution in [2.45, 2.75) is 63.8 Å². The maximum atomic E-state index is 13.3. The first-order chi connectivity index (χ1) is 12.6. The molecule has 7 nitrogen and oxygen atoms in total. The summed E-state index contributed by atoms with van der Waals surface area (Å²) < 4.78 is 1.85. The third-order valence-corrected chi connectivity index (χ3v) is 6.61. The standard InChI is InChI=1S/C19H29N5O2/c1-22-14-20-21-16(22)7-8-17(25)23-12-10-19(13-23)9-4-11-24(18(19)26)15-5-2-3-6-15/h14-15H,2-13H2,1H3/t19-/m1/s1. The lowest BCUT2D eigenvalue weighted by Gasteiger charge is -2.42. The van der Waals surface area contributed by atoms with Gasteiger partial charge in [-0.2, -0.15) is 0 Å². The highest BCUT2D eigenvalue weighted by molar-refractivity contribution is 5.86. The first-order valence-electron chi connectivity index (χ1n) is 10.0. The Morgan fingerprint density at radius 2 is 2.04 bits per heavy atom. The van der Waals surface area contributed by atoms with Crippen molar-refractivity contribution < 1.29 is 9.59 Å². The maximum absolute atomic E-state index is 13.3. The van der Waals surface area contributed by atoms with E-state index in [-0.39, 0.29) is 11.3 Å². The minimum Gasteiger partial charge on any atom is -0.342 e. The van der Waals surface area contributed by atoms with Crippen molar-refractivity contribution in [3.05, 3.63) is 12.2 Å². The Morgan fingerprint density at radius 3 is 2.77 bits per heavy atom. The Bertz CT molecular complexity index is 681. The molecule has 0 unspecified atom stereocenters. The third-order valence-electron chi connectivity index (χ3n) is 6.61. The van der Waals surface area contributed by atoms with Crippen LogP contribution < -0.4 is 0 Å². The van der Waals surface area contributed by atoms with Gasteiger partial charge in [-0.3, -0.25) is 9.59 Å².